The highest BCUT2D eigenvalue weighted by Gasteiger charge is 2.27. The summed E-state index contributed by atoms with van der Waals surface area (Å²) in [4.78, 5) is 0. The Bertz CT molecular complexity index is 395. The third-order valence-corrected chi connectivity index (χ3v) is 3.55. The molecule has 0 heterocycles. The summed E-state index contributed by atoms with van der Waals surface area (Å²) >= 11 is 0. The van der Waals surface area contributed by atoms with Crippen molar-refractivity contribution in [3.8, 4) is 0 Å². The van der Waals surface area contributed by atoms with E-state index in [9.17, 15) is 13.2 Å². The molecule has 0 fully saturated rings. The predicted molar refractivity (Wildman–Crippen MR) is 71.4 cm³/mol. The first-order chi connectivity index (χ1) is 8.88. The Morgan fingerprint density at radius 2 is 1.58 bits per heavy atom. The molecular formula is C15H22F3N. The Balaban J connectivity index is 3.16. The molecule has 2 atom stereocenters. The fraction of sp³-hybridized carbons (Fsp3) is 0.600. The van der Waals surface area contributed by atoms with Gasteiger partial charge >= 0.3 is 0 Å². The first kappa shape index (κ1) is 16.0. The van der Waals surface area contributed by atoms with E-state index in [4.69, 9.17) is 0 Å². The average Bonchev–Trinajstić information content (AvgIpc) is 2.31. The predicted octanol–water partition coefficient (Wildman–Crippen LogP) is 4.44. The number of hydrogen-bond donors (Lipinski definition) is 1. The standard InChI is InChI=1S/C15H22F3N/c1-5-6-19-15(10(4)9(2)3)14-12(17)7-11(16)8-13(14)18/h7-10,15,19H,5-6H2,1-4H3. The summed E-state index contributed by atoms with van der Waals surface area (Å²) in [5.41, 5.74) is -0.0592. The van der Waals surface area contributed by atoms with E-state index in [1.807, 2.05) is 27.7 Å². The zero-order valence-corrected chi connectivity index (χ0v) is 11.9. The normalized spacial score (nSPS) is 14.7. The molecule has 0 aliphatic rings. The van der Waals surface area contributed by atoms with Crippen molar-refractivity contribution in [2.45, 2.75) is 40.2 Å². The van der Waals surface area contributed by atoms with Crippen molar-refractivity contribution in [2.24, 2.45) is 11.8 Å². The molecule has 1 aromatic rings. The van der Waals surface area contributed by atoms with E-state index in [0.29, 0.717) is 6.54 Å². The SMILES string of the molecule is CCCNC(c1c(F)cc(F)cc1F)C(C)C(C)C. The Morgan fingerprint density at radius 3 is 2.00 bits per heavy atom. The summed E-state index contributed by atoms with van der Waals surface area (Å²) in [5.74, 6) is -2.22. The van der Waals surface area contributed by atoms with Crippen molar-refractivity contribution < 1.29 is 13.2 Å². The van der Waals surface area contributed by atoms with Crippen LogP contribution in [0.25, 0.3) is 0 Å². The smallest absolute Gasteiger partial charge is 0.133 e. The highest BCUT2D eigenvalue weighted by molar-refractivity contribution is 5.25. The van der Waals surface area contributed by atoms with Crippen molar-refractivity contribution in [1.29, 1.82) is 0 Å². The second-order valence-electron chi connectivity index (χ2n) is 5.32. The van der Waals surface area contributed by atoms with Crippen LogP contribution >= 0.6 is 0 Å². The molecule has 0 saturated heterocycles. The van der Waals surface area contributed by atoms with E-state index in [2.05, 4.69) is 5.32 Å². The van der Waals surface area contributed by atoms with Gasteiger partial charge in [0.2, 0.25) is 0 Å². The van der Waals surface area contributed by atoms with Gasteiger partial charge in [0, 0.05) is 23.7 Å². The van der Waals surface area contributed by atoms with Crippen LogP contribution in [0, 0.1) is 29.3 Å². The molecule has 108 valence electrons. The van der Waals surface area contributed by atoms with Gasteiger partial charge in [-0.15, -0.1) is 0 Å². The molecule has 0 aliphatic carbocycles. The van der Waals surface area contributed by atoms with Crippen LogP contribution in [-0.4, -0.2) is 6.54 Å². The van der Waals surface area contributed by atoms with Gasteiger partial charge < -0.3 is 5.32 Å². The second-order valence-corrected chi connectivity index (χ2v) is 5.32. The van der Waals surface area contributed by atoms with Crippen molar-refractivity contribution in [2.75, 3.05) is 6.54 Å². The lowest BCUT2D eigenvalue weighted by Gasteiger charge is -2.29. The maximum absolute atomic E-state index is 13.9. The van der Waals surface area contributed by atoms with Crippen LogP contribution in [0.3, 0.4) is 0 Å². The van der Waals surface area contributed by atoms with Gasteiger partial charge in [-0.2, -0.15) is 0 Å². The Hall–Kier alpha value is -1.03. The topological polar surface area (TPSA) is 12.0 Å². The molecule has 1 rings (SSSR count). The number of halogens is 3. The lowest BCUT2D eigenvalue weighted by molar-refractivity contribution is 0.289. The zero-order valence-electron chi connectivity index (χ0n) is 11.9. The van der Waals surface area contributed by atoms with Crippen LogP contribution in [0.15, 0.2) is 12.1 Å². The third-order valence-electron chi connectivity index (χ3n) is 3.55. The minimum atomic E-state index is -0.884. The van der Waals surface area contributed by atoms with Gasteiger partial charge in [-0.3, -0.25) is 0 Å². The molecule has 0 spiro atoms. The Kier molecular flexibility index (Phi) is 5.85. The van der Waals surface area contributed by atoms with E-state index in [1.165, 1.54) is 0 Å². The molecule has 2 unspecified atom stereocenters. The summed E-state index contributed by atoms with van der Waals surface area (Å²) in [5, 5.41) is 3.17. The van der Waals surface area contributed by atoms with Gasteiger partial charge in [-0.05, 0) is 24.8 Å². The molecule has 0 aromatic heterocycles. The molecule has 1 nitrogen and oxygen atoms in total. The highest BCUT2D eigenvalue weighted by Crippen LogP contribution is 2.31. The molecule has 19 heavy (non-hydrogen) atoms. The van der Waals surface area contributed by atoms with Crippen LogP contribution in [0.5, 0.6) is 0 Å². The van der Waals surface area contributed by atoms with Gasteiger partial charge in [0.25, 0.3) is 0 Å². The summed E-state index contributed by atoms with van der Waals surface area (Å²) in [6, 6.07) is 1.04. The molecule has 0 amide bonds. The van der Waals surface area contributed by atoms with Gasteiger partial charge in [0.1, 0.15) is 17.5 Å². The fourth-order valence-electron chi connectivity index (χ4n) is 2.09. The van der Waals surface area contributed by atoms with Crippen LogP contribution in [0.1, 0.15) is 45.7 Å². The van der Waals surface area contributed by atoms with E-state index in [0.717, 1.165) is 18.6 Å². The van der Waals surface area contributed by atoms with Crippen molar-refractivity contribution in [3.63, 3.8) is 0 Å². The van der Waals surface area contributed by atoms with E-state index in [1.54, 1.807) is 0 Å². The summed E-state index contributed by atoms with van der Waals surface area (Å²) in [6.07, 6.45) is 0.867. The maximum Gasteiger partial charge on any atom is 0.133 e. The minimum absolute atomic E-state index is 0.0426. The van der Waals surface area contributed by atoms with Crippen LogP contribution in [-0.2, 0) is 0 Å². The summed E-state index contributed by atoms with van der Waals surface area (Å²) < 4.78 is 40.8. The molecule has 0 aliphatic heterocycles. The minimum Gasteiger partial charge on any atom is -0.310 e. The largest absolute Gasteiger partial charge is 0.310 e. The van der Waals surface area contributed by atoms with Gasteiger partial charge in [-0.1, -0.05) is 27.7 Å². The van der Waals surface area contributed by atoms with Gasteiger partial charge in [-0.25, -0.2) is 13.2 Å². The third kappa shape index (κ3) is 3.96. The Morgan fingerprint density at radius 1 is 1.05 bits per heavy atom. The van der Waals surface area contributed by atoms with E-state index in [-0.39, 0.29) is 17.4 Å². The maximum atomic E-state index is 13.9. The van der Waals surface area contributed by atoms with Gasteiger partial charge in [0.05, 0.1) is 0 Å². The van der Waals surface area contributed by atoms with Crippen molar-refractivity contribution in [3.05, 3.63) is 35.1 Å². The molecule has 1 N–H and O–H groups in total. The first-order valence-corrected chi connectivity index (χ1v) is 6.76. The molecular weight excluding hydrogens is 251 g/mol. The average molecular weight is 273 g/mol. The number of hydrogen-bond acceptors (Lipinski definition) is 1. The van der Waals surface area contributed by atoms with Gasteiger partial charge in [0.15, 0.2) is 0 Å². The highest BCUT2D eigenvalue weighted by atomic mass is 19.1. The molecule has 0 saturated carbocycles. The van der Waals surface area contributed by atoms with E-state index >= 15 is 0 Å². The van der Waals surface area contributed by atoms with Crippen LogP contribution < -0.4 is 5.32 Å². The number of benzene rings is 1. The Labute approximate surface area is 113 Å². The summed E-state index contributed by atoms with van der Waals surface area (Å²) in [7, 11) is 0. The molecule has 0 radical (unpaired) electrons. The van der Waals surface area contributed by atoms with Crippen LogP contribution in [0.4, 0.5) is 13.2 Å². The van der Waals surface area contributed by atoms with Crippen molar-refractivity contribution in [1.82, 2.24) is 5.32 Å². The molecule has 1 aromatic carbocycles. The monoisotopic (exact) mass is 273 g/mol. The first-order valence-electron chi connectivity index (χ1n) is 6.76. The van der Waals surface area contributed by atoms with Crippen LogP contribution in [0.2, 0.25) is 0 Å². The quantitative estimate of drug-likeness (QED) is 0.808. The van der Waals surface area contributed by atoms with E-state index < -0.39 is 23.5 Å². The number of nitrogens with one attached hydrogen (secondary N) is 1. The second kappa shape index (κ2) is 6.94. The molecule has 4 heteroatoms. The molecule has 0 bridgehead atoms. The van der Waals surface area contributed by atoms with Crippen molar-refractivity contribution >= 4 is 0 Å². The number of rotatable bonds is 6. The lowest BCUT2D eigenvalue weighted by atomic mass is 9.85. The fourth-order valence-corrected chi connectivity index (χ4v) is 2.09. The zero-order chi connectivity index (χ0) is 14.6. The summed E-state index contributed by atoms with van der Waals surface area (Å²) in [6.45, 7) is 8.61. The lowest BCUT2D eigenvalue weighted by Crippen LogP contribution is -2.31.